The Balaban J connectivity index is 2.48. The highest BCUT2D eigenvalue weighted by molar-refractivity contribution is 6.03. The molecule has 0 bridgehead atoms. The van der Waals surface area contributed by atoms with Crippen LogP contribution < -0.4 is 0 Å². The summed E-state index contributed by atoms with van der Waals surface area (Å²) >= 11 is 0. The summed E-state index contributed by atoms with van der Waals surface area (Å²) in [5.74, 6) is -1.17. The topological polar surface area (TPSA) is 53.1 Å². The Hall–Kier alpha value is -1.98. The number of hydrogen-bond donors (Lipinski definition) is 2. The Morgan fingerprint density at radius 3 is 2.65 bits per heavy atom. The zero-order valence-corrected chi connectivity index (χ0v) is 8.51. The summed E-state index contributed by atoms with van der Waals surface area (Å²) in [6, 6.07) is 4.03. The lowest BCUT2D eigenvalue weighted by Crippen LogP contribution is -2.11. The molecule has 0 radical (unpaired) electrons. The van der Waals surface area contributed by atoms with E-state index in [1.165, 1.54) is 24.4 Å². The van der Waals surface area contributed by atoms with Crippen molar-refractivity contribution in [1.82, 2.24) is 4.98 Å². The summed E-state index contributed by atoms with van der Waals surface area (Å²) in [4.78, 5) is 13.5. The van der Waals surface area contributed by atoms with Gasteiger partial charge in [-0.05, 0) is 17.7 Å². The molecule has 0 saturated carbocycles. The molecule has 3 nitrogen and oxygen atoms in total. The highest BCUT2D eigenvalue weighted by Crippen LogP contribution is 2.25. The van der Waals surface area contributed by atoms with Gasteiger partial charge in [0.1, 0.15) is 0 Å². The number of aromatic nitrogens is 1. The summed E-state index contributed by atoms with van der Waals surface area (Å²) in [6.07, 6.45) is -4.09. The number of carboxylic acid groups (broad SMARTS) is 1. The average Bonchev–Trinajstić information content (AvgIpc) is 2.57. The molecule has 1 aromatic heterocycles. The number of benzene rings is 1. The van der Waals surface area contributed by atoms with Gasteiger partial charge in [-0.1, -0.05) is 6.07 Å². The number of carboxylic acids is 1. The first-order valence-corrected chi connectivity index (χ1v) is 4.77. The van der Waals surface area contributed by atoms with Gasteiger partial charge in [0, 0.05) is 17.1 Å². The molecule has 17 heavy (non-hydrogen) atoms. The Labute approximate surface area is 93.9 Å². The number of hydrogen-bond acceptors (Lipinski definition) is 1. The van der Waals surface area contributed by atoms with Crippen molar-refractivity contribution in [3.63, 3.8) is 0 Å². The van der Waals surface area contributed by atoms with Crippen molar-refractivity contribution in [2.24, 2.45) is 0 Å². The molecule has 6 heteroatoms. The van der Waals surface area contributed by atoms with Gasteiger partial charge in [-0.15, -0.1) is 0 Å². The van der Waals surface area contributed by atoms with Crippen LogP contribution in [0.4, 0.5) is 13.2 Å². The largest absolute Gasteiger partial charge is 0.478 e. The van der Waals surface area contributed by atoms with Crippen molar-refractivity contribution in [2.75, 3.05) is 0 Å². The van der Waals surface area contributed by atoms with E-state index >= 15 is 0 Å². The Morgan fingerprint density at radius 2 is 2.06 bits per heavy atom. The molecular formula is C11H8F3NO2. The predicted molar refractivity (Wildman–Crippen MR) is 55.0 cm³/mol. The summed E-state index contributed by atoms with van der Waals surface area (Å²) in [6.45, 7) is 0. The van der Waals surface area contributed by atoms with E-state index in [9.17, 15) is 18.0 Å². The minimum atomic E-state index is -4.30. The molecule has 0 aliphatic rings. The van der Waals surface area contributed by atoms with Gasteiger partial charge < -0.3 is 10.1 Å². The standard InChI is InChI=1S/C11H8F3NO2/c12-11(13,14)4-6-1-2-9-7(3-6)8(5-15-9)10(16)17/h1-3,5,15H,4H2,(H,16,17). The first-order valence-electron chi connectivity index (χ1n) is 4.77. The zero-order valence-electron chi connectivity index (χ0n) is 8.51. The molecule has 0 atom stereocenters. The number of carbonyl (C=O) groups is 1. The molecule has 90 valence electrons. The van der Waals surface area contributed by atoms with E-state index in [2.05, 4.69) is 4.98 Å². The number of nitrogens with one attached hydrogen (secondary N) is 1. The Morgan fingerprint density at radius 1 is 1.35 bits per heavy atom. The van der Waals surface area contributed by atoms with E-state index in [0.29, 0.717) is 10.9 Å². The van der Waals surface area contributed by atoms with Gasteiger partial charge in [-0.2, -0.15) is 13.2 Å². The minimum absolute atomic E-state index is 0.0241. The summed E-state index contributed by atoms with van der Waals surface area (Å²) in [7, 11) is 0. The third-order valence-electron chi connectivity index (χ3n) is 2.38. The van der Waals surface area contributed by atoms with Crippen LogP contribution in [0, 0.1) is 0 Å². The second-order valence-electron chi connectivity index (χ2n) is 3.68. The molecular weight excluding hydrogens is 235 g/mol. The predicted octanol–water partition coefficient (Wildman–Crippen LogP) is 2.97. The van der Waals surface area contributed by atoms with E-state index < -0.39 is 18.6 Å². The van der Waals surface area contributed by atoms with Crippen molar-refractivity contribution < 1.29 is 23.1 Å². The number of fused-ring (bicyclic) bond motifs is 1. The van der Waals surface area contributed by atoms with Crippen molar-refractivity contribution in [2.45, 2.75) is 12.6 Å². The van der Waals surface area contributed by atoms with E-state index in [4.69, 9.17) is 5.11 Å². The van der Waals surface area contributed by atoms with Crippen LogP contribution in [0.5, 0.6) is 0 Å². The fourth-order valence-electron chi connectivity index (χ4n) is 1.69. The summed E-state index contributed by atoms with van der Waals surface area (Å²) < 4.78 is 36.6. The highest BCUT2D eigenvalue weighted by atomic mass is 19.4. The van der Waals surface area contributed by atoms with E-state index in [0.717, 1.165) is 0 Å². The SMILES string of the molecule is O=C(O)c1c[nH]c2ccc(CC(F)(F)F)cc12. The second kappa shape index (κ2) is 3.80. The van der Waals surface area contributed by atoms with Crippen LogP contribution in [0.25, 0.3) is 10.9 Å². The Kier molecular flexibility index (Phi) is 2.57. The fourth-order valence-corrected chi connectivity index (χ4v) is 1.69. The molecule has 2 N–H and O–H groups in total. The molecule has 1 heterocycles. The van der Waals surface area contributed by atoms with E-state index in [1.807, 2.05) is 0 Å². The molecule has 0 fully saturated rings. The second-order valence-corrected chi connectivity index (χ2v) is 3.68. The Bertz CT molecular complexity index is 572. The minimum Gasteiger partial charge on any atom is -0.478 e. The smallest absolute Gasteiger partial charge is 0.393 e. The van der Waals surface area contributed by atoms with Crippen molar-refractivity contribution in [1.29, 1.82) is 0 Å². The number of halogens is 3. The lowest BCUT2D eigenvalue weighted by molar-refractivity contribution is -0.127. The zero-order chi connectivity index (χ0) is 12.6. The van der Waals surface area contributed by atoms with E-state index in [1.54, 1.807) is 0 Å². The average molecular weight is 243 g/mol. The van der Waals surface area contributed by atoms with Gasteiger partial charge in [0.25, 0.3) is 0 Å². The number of aromatic carboxylic acids is 1. The lowest BCUT2D eigenvalue weighted by Gasteiger charge is -2.06. The molecule has 0 spiro atoms. The molecule has 0 amide bonds. The molecule has 2 aromatic rings. The third-order valence-corrected chi connectivity index (χ3v) is 2.38. The summed E-state index contributed by atoms with van der Waals surface area (Å²) in [5.41, 5.74) is 0.532. The number of H-pyrrole nitrogens is 1. The van der Waals surface area contributed by atoms with Crippen molar-refractivity contribution >= 4 is 16.9 Å². The normalized spacial score (nSPS) is 11.9. The van der Waals surface area contributed by atoms with Gasteiger partial charge in [0.2, 0.25) is 0 Å². The van der Waals surface area contributed by atoms with Crippen LogP contribution in [-0.2, 0) is 6.42 Å². The number of aromatic amines is 1. The van der Waals surface area contributed by atoms with Crippen LogP contribution in [0.2, 0.25) is 0 Å². The van der Waals surface area contributed by atoms with Crippen LogP contribution in [0.15, 0.2) is 24.4 Å². The molecule has 0 aliphatic heterocycles. The van der Waals surface area contributed by atoms with Crippen LogP contribution >= 0.6 is 0 Å². The summed E-state index contributed by atoms with van der Waals surface area (Å²) in [5, 5.41) is 9.14. The molecule has 0 aliphatic carbocycles. The van der Waals surface area contributed by atoms with Crippen molar-refractivity contribution in [3.05, 3.63) is 35.5 Å². The van der Waals surface area contributed by atoms with Crippen molar-refractivity contribution in [3.8, 4) is 0 Å². The monoisotopic (exact) mass is 243 g/mol. The number of alkyl halides is 3. The maximum atomic E-state index is 12.2. The molecule has 0 saturated heterocycles. The lowest BCUT2D eigenvalue weighted by atomic mass is 10.1. The van der Waals surface area contributed by atoms with Gasteiger partial charge in [0.05, 0.1) is 12.0 Å². The molecule has 1 aromatic carbocycles. The van der Waals surface area contributed by atoms with E-state index in [-0.39, 0.29) is 11.1 Å². The highest BCUT2D eigenvalue weighted by Gasteiger charge is 2.27. The molecule has 2 rings (SSSR count). The van der Waals surface area contributed by atoms with Crippen LogP contribution in [0.3, 0.4) is 0 Å². The third kappa shape index (κ3) is 2.41. The van der Waals surface area contributed by atoms with Gasteiger partial charge in [0.15, 0.2) is 0 Å². The number of rotatable bonds is 2. The van der Waals surface area contributed by atoms with Gasteiger partial charge in [-0.3, -0.25) is 0 Å². The first-order chi connectivity index (χ1) is 7.87. The molecule has 0 unspecified atom stereocenters. The van der Waals surface area contributed by atoms with Crippen LogP contribution in [0.1, 0.15) is 15.9 Å². The first kappa shape index (κ1) is 11.5. The van der Waals surface area contributed by atoms with Gasteiger partial charge in [-0.25, -0.2) is 4.79 Å². The maximum absolute atomic E-state index is 12.2. The van der Waals surface area contributed by atoms with Gasteiger partial charge >= 0.3 is 12.1 Å². The fraction of sp³-hybridized carbons (Fsp3) is 0.182. The van der Waals surface area contributed by atoms with Crippen LogP contribution in [-0.4, -0.2) is 22.2 Å². The quantitative estimate of drug-likeness (QED) is 0.851. The maximum Gasteiger partial charge on any atom is 0.393 e.